The van der Waals surface area contributed by atoms with Crippen LogP contribution in [0.2, 0.25) is 5.02 Å². The molecule has 2 heteroatoms. The maximum absolute atomic E-state index is 10.6. The molecule has 0 unspecified atom stereocenters. The van der Waals surface area contributed by atoms with Gasteiger partial charge in [-0.15, -0.1) is 0 Å². The first-order chi connectivity index (χ1) is 6.18. The minimum Gasteiger partial charge on any atom is -0.300 e. The Hall–Kier alpha value is -1.08. The van der Waals surface area contributed by atoms with Crippen molar-refractivity contribution in [2.45, 2.75) is 13.3 Å². The summed E-state index contributed by atoms with van der Waals surface area (Å²) in [6, 6.07) is 7.49. The summed E-state index contributed by atoms with van der Waals surface area (Å²) in [5.74, 6) is 0.171. The fraction of sp³-hybridized carbons (Fsp3) is 0.182. The average Bonchev–Trinajstić information content (AvgIpc) is 2.08. The molecule has 0 saturated carbocycles. The van der Waals surface area contributed by atoms with Crippen molar-refractivity contribution in [2.24, 2.45) is 0 Å². The summed E-state index contributed by atoms with van der Waals surface area (Å²) < 4.78 is 0. The molecule has 0 fully saturated rings. The second kappa shape index (κ2) is 4.83. The maximum Gasteiger partial charge on any atom is 0.133 e. The number of hydrogen-bond acceptors (Lipinski definition) is 1. The molecule has 13 heavy (non-hydrogen) atoms. The highest BCUT2D eigenvalue weighted by Crippen LogP contribution is 2.10. The Labute approximate surface area is 83.0 Å². The molecule has 0 amide bonds. The highest BCUT2D eigenvalue weighted by atomic mass is 35.5. The number of ketones is 1. The SMILES string of the molecule is CC(=O)CC=Cc1ccc(Cl)cc1. The monoisotopic (exact) mass is 194 g/mol. The summed E-state index contributed by atoms with van der Waals surface area (Å²) >= 11 is 5.72. The molecule has 0 spiro atoms. The summed E-state index contributed by atoms with van der Waals surface area (Å²) in [6.45, 7) is 1.58. The number of hydrogen-bond donors (Lipinski definition) is 0. The van der Waals surface area contributed by atoms with Crippen LogP contribution >= 0.6 is 11.6 Å². The van der Waals surface area contributed by atoms with Gasteiger partial charge in [0, 0.05) is 11.4 Å². The minimum absolute atomic E-state index is 0.171. The maximum atomic E-state index is 10.6. The lowest BCUT2D eigenvalue weighted by Gasteiger charge is -1.92. The topological polar surface area (TPSA) is 17.1 Å². The molecule has 0 atom stereocenters. The molecule has 1 rings (SSSR count). The van der Waals surface area contributed by atoms with Crippen LogP contribution in [-0.2, 0) is 4.79 Å². The molecule has 1 nitrogen and oxygen atoms in total. The molecule has 0 heterocycles. The Morgan fingerprint density at radius 2 is 2.00 bits per heavy atom. The van der Waals surface area contributed by atoms with Crippen LogP contribution in [0.4, 0.5) is 0 Å². The minimum atomic E-state index is 0.171. The van der Waals surface area contributed by atoms with Gasteiger partial charge in [0.25, 0.3) is 0 Å². The highest BCUT2D eigenvalue weighted by Gasteiger charge is 1.88. The molecule has 0 radical (unpaired) electrons. The van der Waals surface area contributed by atoms with Gasteiger partial charge in [0.2, 0.25) is 0 Å². The zero-order valence-corrected chi connectivity index (χ0v) is 8.21. The standard InChI is InChI=1S/C11H11ClO/c1-9(13)3-2-4-10-5-7-11(12)8-6-10/h2,4-8H,3H2,1H3. The van der Waals surface area contributed by atoms with Gasteiger partial charge in [-0.2, -0.15) is 0 Å². The molecule has 68 valence electrons. The van der Waals surface area contributed by atoms with Crippen molar-refractivity contribution in [3.05, 3.63) is 40.9 Å². The average molecular weight is 195 g/mol. The third-order valence-electron chi connectivity index (χ3n) is 1.59. The van der Waals surface area contributed by atoms with E-state index in [0.29, 0.717) is 6.42 Å². The lowest BCUT2D eigenvalue weighted by molar-refractivity contribution is -0.116. The van der Waals surface area contributed by atoms with E-state index in [1.165, 1.54) is 0 Å². The molecule has 0 N–H and O–H groups in total. The van der Waals surface area contributed by atoms with Gasteiger partial charge in [-0.05, 0) is 24.6 Å². The van der Waals surface area contributed by atoms with Crippen LogP contribution in [-0.4, -0.2) is 5.78 Å². The van der Waals surface area contributed by atoms with Crippen molar-refractivity contribution in [3.8, 4) is 0 Å². The van der Waals surface area contributed by atoms with Crippen LogP contribution in [0, 0.1) is 0 Å². The predicted molar refractivity (Wildman–Crippen MR) is 55.8 cm³/mol. The number of Topliss-reactive ketones (excluding diaryl/α,β-unsaturated/α-hetero) is 1. The van der Waals surface area contributed by atoms with Crippen LogP contribution in [0.15, 0.2) is 30.3 Å². The fourth-order valence-electron chi connectivity index (χ4n) is 0.935. The number of rotatable bonds is 3. The first-order valence-electron chi connectivity index (χ1n) is 4.10. The van der Waals surface area contributed by atoms with E-state index in [2.05, 4.69) is 0 Å². The van der Waals surface area contributed by atoms with Crippen molar-refractivity contribution < 1.29 is 4.79 Å². The van der Waals surface area contributed by atoms with Crippen LogP contribution in [0.5, 0.6) is 0 Å². The van der Waals surface area contributed by atoms with E-state index < -0.39 is 0 Å². The molecular formula is C11H11ClO. The number of halogens is 1. The second-order valence-electron chi connectivity index (χ2n) is 2.86. The van der Waals surface area contributed by atoms with Gasteiger partial charge in [0.15, 0.2) is 0 Å². The predicted octanol–water partition coefficient (Wildman–Crippen LogP) is 3.33. The zero-order chi connectivity index (χ0) is 9.68. The van der Waals surface area contributed by atoms with Crippen LogP contribution < -0.4 is 0 Å². The van der Waals surface area contributed by atoms with Gasteiger partial charge < -0.3 is 0 Å². The Kier molecular flexibility index (Phi) is 3.71. The van der Waals surface area contributed by atoms with Crippen molar-refractivity contribution in [2.75, 3.05) is 0 Å². The van der Waals surface area contributed by atoms with Crippen molar-refractivity contribution in [1.29, 1.82) is 0 Å². The van der Waals surface area contributed by atoms with Crippen molar-refractivity contribution >= 4 is 23.5 Å². The van der Waals surface area contributed by atoms with Crippen molar-refractivity contribution in [3.63, 3.8) is 0 Å². The van der Waals surface area contributed by atoms with Gasteiger partial charge in [-0.1, -0.05) is 35.9 Å². The summed E-state index contributed by atoms with van der Waals surface area (Å²) in [6.07, 6.45) is 4.26. The first-order valence-corrected chi connectivity index (χ1v) is 4.48. The largest absolute Gasteiger partial charge is 0.300 e. The smallest absolute Gasteiger partial charge is 0.133 e. The molecule has 0 aliphatic rings. The Morgan fingerprint density at radius 3 is 2.54 bits per heavy atom. The number of benzene rings is 1. The van der Waals surface area contributed by atoms with E-state index in [0.717, 1.165) is 10.6 Å². The van der Waals surface area contributed by atoms with Gasteiger partial charge >= 0.3 is 0 Å². The second-order valence-corrected chi connectivity index (χ2v) is 3.30. The van der Waals surface area contributed by atoms with E-state index >= 15 is 0 Å². The normalized spacial score (nSPS) is 10.6. The van der Waals surface area contributed by atoms with Crippen molar-refractivity contribution in [1.82, 2.24) is 0 Å². The molecule has 0 bridgehead atoms. The molecule has 1 aromatic rings. The first kappa shape index (κ1) is 10.0. The zero-order valence-electron chi connectivity index (χ0n) is 7.46. The number of carbonyl (C=O) groups excluding carboxylic acids is 1. The summed E-state index contributed by atoms with van der Waals surface area (Å²) in [7, 11) is 0. The molecule has 0 saturated heterocycles. The molecular weight excluding hydrogens is 184 g/mol. The third-order valence-corrected chi connectivity index (χ3v) is 1.84. The van der Waals surface area contributed by atoms with Crippen LogP contribution in [0.3, 0.4) is 0 Å². The van der Waals surface area contributed by atoms with E-state index in [1.807, 2.05) is 36.4 Å². The van der Waals surface area contributed by atoms with E-state index in [1.54, 1.807) is 6.92 Å². The van der Waals surface area contributed by atoms with E-state index in [-0.39, 0.29) is 5.78 Å². The highest BCUT2D eigenvalue weighted by molar-refractivity contribution is 6.30. The molecule has 0 aliphatic heterocycles. The number of carbonyl (C=O) groups is 1. The quantitative estimate of drug-likeness (QED) is 0.722. The molecule has 0 aliphatic carbocycles. The fourth-order valence-corrected chi connectivity index (χ4v) is 1.06. The Bertz CT molecular complexity index is 311. The molecule has 0 aromatic heterocycles. The Morgan fingerprint density at radius 1 is 1.38 bits per heavy atom. The lowest BCUT2D eigenvalue weighted by Crippen LogP contribution is -1.83. The van der Waals surface area contributed by atoms with Crippen LogP contribution in [0.25, 0.3) is 6.08 Å². The number of allylic oxidation sites excluding steroid dienone is 1. The third kappa shape index (κ3) is 3.90. The summed E-state index contributed by atoms with van der Waals surface area (Å²) in [5.41, 5.74) is 1.06. The van der Waals surface area contributed by atoms with Gasteiger partial charge in [-0.3, -0.25) is 4.79 Å². The van der Waals surface area contributed by atoms with Crippen LogP contribution in [0.1, 0.15) is 18.9 Å². The van der Waals surface area contributed by atoms with E-state index in [4.69, 9.17) is 11.6 Å². The summed E-state index contributed by atoms with van der Waals surface area (Å²) in [5, 5.41) is 0.726. The van der Waals surface area contributed by atoms with Gasteiger partial charge in [0.05, 0.1) is 0 Å². The Balaban J connectivity index is 2.59. The van der Waals surface area contributed by atoms with Gasteiger partial charge in [-0.25, -0.2) is 0 Å². The molecule has 1 aromatic carbocycles. The lowest BCUT2D eigenvalue weighted by atomic mass is 10.2. The summed E-state index contributed by atoms with van der Waals surface area (Å²) in [4.78, 5) is 10.6. The van der Waals surface area contributed by atoms with Gasteiger partial charge in [0.1, 0.15) is 5.78 Å². The van der Waals surface area contributed by atoms with E-state index in [9.17, 15) is 4.79 Å².